The third kappa shape index (κ3) is 7.15. The molecule has 0 amide bonds. The van der Waals surface area contributed by atoms with Crippen LogP contribution in [0.3, 0.4) is 0 Å². The molecule has 0 aliphatic heterocycles. The van der Waals surface area contributed by atoms with Crippen molar-refractivity contribution < 1.29 is 0 Å². The Labute approximate surface area is 82.0 Å². The summed E-state index contributed by atoms with van der Waals surface area (Å²) >= 11 is 0. The zero-order valence-electron chi connectivity index (χ0n) is 8.59. The summed E-state index contributed by atoms with van der Waals surface area (Å²) in [5, 5.41) is 0. The third-order valence-corrected chi connectivity index (χ3v) is 1.59. The molecule has 0 saturated carbocycles. The molecule has 0 heterocycles. The van der Waals surface area contributed by atoms with Gasteiger partial charge in [-0.25, -0.2) is 0 Å². The van der Waals surface area contributed by atoms with E-state index in [9.17, 15) is 0 Å². The van der Waals surface area contributed by atoms with Crippen molar-refractivity contribution in [3.8, 4) is 12.3 Å². The van der Waals surface area contributed by atoms with Crippen molar-refractivity contribution >= 4 is 0 Å². The molecule has 0 nitrogen and oxygen atoms in total. The second-order valence-corrected chi connectivity index (χ2v) is 2.79. The zero-order chi connectivity index (χ0) is 9.94. The zero-order valence-corrected chi connectivity index (χ0v) is 8.59. The maximum atomic E-state index is 4.78. The Hall–Kier alpha value is -1.22. The van der Waals surface area contributed by atoms with Gasteiger partial charge in [-0.1, -0.05) is 50.6 Å². The molecular weight excluding hydrogens is 156 g/mol. The van der Waals surface area contributed by atoms with Crippen LogP contribution in [0, 0.1) is 12.3 Å². The maximum Gasteiger partial charge on any atom is 0.00576 e. The fourth-order valence-corrected chi connectivity index (χ4v) is 0.933. The van der Waals surface area contributed by atoms with E-state index in [1.54, 1.807) is 0 Å². The van der Waals surface area contributed by atoms with Crippen molar-refractivity contribution in [2.75, 3.05) is 0 Å². The van der Waals surface area contributed by atoms with E-state index >= 15 is 0 Å². The molecule has 0 radical (unpaired) electrons. The molecule has 0 saturated heterocycles. The summed E-state index contributed by atoms with van der Waals surface area (Å²) in [7, 11) is 0. The van der Waals surface area contributed by atoms with Crippen LogP contribution < -0.4 is 0 Å². The quantitative estimate of drug-likeness (QED) is 0.600. The molecule has 0 spiro atoms. The van der Waals surface area contributed by atoms with Gasteiger partial charge in [0.1, 0.15) is 0 Å². The summed E-state index contributed by atoms with van der Waals surface area (Å²) in [6.07, 6.45) is 8.07. The fourth-order valence-electron chi connectivity index (χ4n) is 0.933. The van der Waals surface area contributed by atoms with Crippen LogP contribution in [0.2, 0.25) is 0 Å². The lowest BCUT2D eigenvalue weighted by molar-refractivity contribution is 0.922. The molecule has 0 bridgehead atoms. The van der Waals surface area contributed by atoms with Gasteiger partial charge in [0.2, 0.25) is 0 Å². The number of hydrogen-bond acceptors (Lipinski definition) is 0. The Bertz CT molecular complexity index is 228. The highest BCUT2D eigenvalue weighted by molar-refractivity contribution is 5.14. The van der Waals surface area contributed by atoms with Crippen LogP contribution in [-0.4, -0.2) is 0 Å². The SMILES string of the molecule is C#CCC.CCCc1ccccc1. The topological polar surface area (TPSA) is 0 Å². The van der Waals surface area contributed by atoms with Crippen LogP contribution in [0.5, 0.6) is 0 Å². The largest absolute Gasteiger partial charge is 0.120 e. The first kappa shape index (κ1) is 11.8. The van der Waals surface area contributed by atoms with Crippen LogP contribution in [0.15, 0.2) is 30.3 Å². The van der Waals surface area contributed by atoms with E-state index in [0.29, 0.717) is 0 Å². The van der Waals surface area contributed by atoms with Crippen LogP contribution in [0.25, 0.3) is 0 Å². The predicted octanol–water partition coefficient (Wildman–Crippen LogP) is 3.67. The van der Waals surface area contributed by atoms with E-state index in [1.165, 1.54) is 18.4 Å². The van der Waals surface area contributed by atoms with E-state index in [1.807, 2.05) is 6.92 Å². The normalized spacial score (nSPS) is 8.08. The molecule has 13 heavy (non-hydrogen) atoms. The van der Waals surface area contributed by atoms with E-state index in [0.717, 1.165) is 6.42 Å². The summed E-state index contributed by atoms with van der Waals surface area (Å²) < 4.78 is 0. The highest BCUT2D eigenvalue weighted by atomic mass is 13.9. The Morgan fingerprint density at radius 1 is 1.15 bits per heavy atom. The van der Waals surface area contributed by atoms with Gasteiger partial charge >= 0.3 is 0 Å². The lowest BCUT2D eigenvalue weighted by atomic mass is 10.1. The lowest BCUT2D eigenvalue weighted by Crippen LogP contribution is -1.78. The van der Waals surface area contributed by atoms with E-state index in [-0.39, 0.29) is 0 Å². The number of hydrogen-bond donors (Lipinski definition) is 0. The molecule has 1 rings (SSSR count). The minimum absolute atomic E-state index is 0.847. The second-order valence-electron chi connectivity index (χ2n) is 2.79. The van der Waals surface area contributed by atoms with Crippen molar-refractivity contribution in [1.82, 2.24) is 0 Å². The molecule has 0 fully saturated rings. The molecule has 0 unspecified atom stereocenters. The molecule has 0 heteroatoms. The van der Waals surface area contributed by atoms with Crippen LogP contribution in [0.1, 0.15) is 32.3 Å². The Balaban J connectivity index is 0.000000310. The number of aryl methyl sites for hydroxylation is 1. The van der Waals surface area contributed by atoms with Crippen molar-refractivity contribution in [3.63, 3.8) is 0 Å². The van der Waals surface area contributed by atoms with Gasteiger partial charge in [-0.3, -0.25) is 0 Å². The fraction of sp³-hybridized carbons (Fsp3) is 0.385. The van der Waals surface area contributed by atoms with Gasteiger partial charge in [0.25, 0.3) is 0 Å². The summed E-state index contributed by atoms with van der Waals surface area (Å²) in [6, 6.07) is 10.6. The first-order valence-corrected chi connectivity index (χ1v) is 4.82. The van der Waals surface area contributed by atoms with Gasteiger partial charge in [-0.05, 0) is 12.0 Å². The van der Waals surface area contributed by atoms with Gasteiger partial charge in [0.05, 0.1) is 0 Å². The molecule has 0 N–H and O–H groups in total. The monoisotopic (exact) mass is 174 g/mol. The number of benzene rings is 1. The van der Waals surface area contributed by atoms with E-state index in [4.69, 9.17) is 6.42 Å². The molecule has 0 atom stereocenters. The van der Waals surface area contributed by atoms with Crippen molar-refractivity contribution in [3.05, 3.63) is 35.9 Å². The molecule has 0 aliphatic carbocycles. The summed E-state index contributed by atoms with van der Waals surface area (Å²) in [5.74, 6) is 2.43. The predicted molar refractivity (Wildman–Crippen MR) is 59.6 cm³/mol. The highest BCUT2D eigenvalue weighted by Gasteiger charge is 1.84. The Morgan fingerprint density at radius 2 is 1.69 bits per heavy atom. The number of rotatable bonds is 2. The summed E-state index contributed by atoms with van der Waals surface area (Å²) in [4.78, 5) is 0. The van der Waals surface area contributed by atoms with Gasteiger partial charge in [-0.2, -0.15) is 0 Å². The maximum absolute atomic E-state index is 4.78. The molecule has 70 valence electrons. The average Bonchev–Trinajstić information content (AvgIpc) is 2.20. The first-order valence-electron chi connectivity index (χ1n) is 4.82. The minimum atomic E-state index is 0.847. The van der Waals surface area contributed by atoms with Gasteiger partial charge in [0.15, 0.2) is 0 Å². The number of terminal acetylenes is 1. The molecule has 0 aromatic heterocycles. The van der Waals surface area contributed by atoms with Gasteiger partial charge < -0.3 is 0 Å². The van der Waals surface area contributed by atoms with E-state index < -0.39 is 0 Å². The standard InChI is InChI=1S/C9H12.C4H6/c1-2-6-9-7-4-3-5-8-9;1-3-4-2/h3-5,7-8H,2,6H2,1H3;1H,4H2,2H3. The van der Waals surface area contributed by atoms with Crippen molar-refractivity contribution in [2.24, 2.45) is 0 Å². The molecule has 1 aromatic rings. The van der Waals surface area contributed by atoms with Gasteiger partial charge in [0, 0.05) is 6.42 Å². The summed E-state index contributed by atoms with van der Waals surface area (Å²) in [5.41, 5.74) is 1.44. The minimum Gasteiger partial charge on any atom is -0.120 e. The molecular formula is C13H18. The third-order valence-electron chi connectivity index (χ3n) is 1.59. The van der Waals surface area contributed by atoms with Crippen LogP contribution in [-0.2, 0) is 6.42 Å². The molecule has 1 aromatic carbocycles. The Morgan fingerprint density at radius 3 is 2.08 bits per heavy atom. The van der Waals surface area contributed by atoms with E-state index in [2.05, 4.69) is 43.2 Å². The van der Waals surface area contributed by atoms with Crippen LogP contribution >= 0.6 is 0 Å². The first-order chi connectivity index (χ1) is 6.35. The Kier molecular flexibility index (Phi) is 8.04. The van der Waals surface area contributed by atoms with Crippen molar-refractivity contribution in [2.45, 2.75) is 33.1 Å². The smallest absolute Gasteiger partial charge is 0.00576 e. The second kappa shape index (κ2) is 8.87. The lowest BCUT2D eigenvalue weighted by Gasteiger charge is -1.93. The van der Waals surface area contributed by atoms with Crippen LogP contribution in [0.4, 0.5) is 0 Å². The molecule has 0 aliphatic rings. The highest BCUT2D eigenvalue weighted by Crippen LogP contribution is 2.00. The van der Waals surface area contributed by atoms with Crippen molar-refractivity contribution in [1.29, 1.82) is 0 Å². The van der Waals surface area contributed by atoms with Gasteiger partial charge in [-0.15, -0.1) is 12.3 Å². The average molecular weight is 174 g/mol. The summed E-state index contributed by atoms with van der Waals surface area (Å²) in [6.45, 7) is 4.15.